The monoisotopic (exact) mass is 212 g/mol. The molecule has 1 N–H and O–H groups in total. The Labute approximate surface area is 85.2 Å². The molecule has 0 fully saturated rings. The van der Waals surface area contributed by atoms with E-state index in [1.165, 1.54) is 0 Å². The lowest BCUT2D eigenvalue weighted by atomic mass is 10.2. The van der Waals surface area contributed by atoms with Gasteiger partial charge in [0.1, 0.15) is 0 Å². The highest BCUT2D eigenvalue weighted by Crippen LogP contribution is 2.01. The van der Waals surface area contributed by atoms with Crippen LogP contribution in [-0.2, 0) is 16.6 Å². The van der Waals surface area contributed by atoms with Crippen molar-refractivity contribution in [1.82, 2.24) is 4.72 Å². The predicted molar refractivity (Wildman–Crippen MR) is 56.2 cm³/mol. The Balaban J connectivity index is 2.58. The molecule has 1 aromatic carbocycles. The van der Waals surface area contributed by atoms with E-state index >= 15 is 0 Å². The smallest absolute Gasteiger partial charge is 0.212 e. The molecule has 0 aromatic heterocycles. The molecule has 14 heavy (non-hydrogen) atoms. The van der Waals surface area contributed by atoms with E-state index in [0.29, 0.717) is 6.54 Å². The molecule has 0 bridgehead atoms. The Bertz CT molecular complexity index is 370. The first-order valence-electron chi connectivity index (χ1n) is 4.46. The molecule has 0 aliphatic heterocycles. The van der Waals surface area contributed by atoms with Crippen molar-refractivity contribution >= 4 is 10.0 Å². The largest absolute Gasteiger partial charge is 0.214 e. The second-order valence-corrected chi connectivity index (χ2v) is 5.64. The van der Waals surface area contributed by atoms with Crippen LogP contribution in [0.1, 0.15) is 19.4 Å². The quantitative estimate of drug-likeness (QED) is 0.818. The van der Waals surface area contributed by atoms with Gasteiger partial charge in [0, 0.05) is 6.54 Å². The number of benzene rings is 1. The fraction of sp³-hybridized carbons (Fsp3) is 0.400. The Morgan fingerprint density at radius 3 is 2.43 bits per heavy atom. The summed E-state index contributed by atoms with van der Waals surface area (Å²) in [6.07, 6.45) is 0. The molecule has 4 heteroatoms. The highest BCUT2D eigenvalue weighted by atomic mass is 32.2. The molecule has 77 valence electrons. The highest BCUT2D eigenvalue weighted by Gasteiger charge is 2.14. The average molecular weight is 212 g/mol. The van der Waals surface area contributed by atoms with Crippen molar-refractivity contribution in [2.24, 2.45) is 0 Å². The number of hydrogen-bond acceptors (Lipinski definition) is 2. The molecule has 0 unspecified atom stereocenters. The zero-order valence-electron chi connectivity index (χ0n) is 8.32. The van der Waals surface area contributed by atoms with Crippen LogP contribution in [0, 0.1) is 6.07 Å². The molecule has 0 amide bonds. The van der Waals surface area contributed by atoms with E-state index in [9.17, 15) is 8.42 Å². The van der Waals surface area contributed by atoms with Crippen LogP contribution >= 0.6 is 0 Å². The third kappa shape index (κ3) is 3.12. The zero-order valence-corrected chi connectivity index (χ0v) is 9.14. The molecule has 1 aromatic rings. The minimum Gasteiger partial charge on any atom is -0.212 e. The second kappa shape index (κ2) is 4.57. The van der Waals surface area contributed by atoms with E-state index in [0.717, 1.165) is 5.56 Å². The van der Waals surface area contributed by atoms with Crippen LogP contribution < -0.4 is 4.72 Å². The standard InChI is InChI=1S/C10H14NO2S/c1-9(2)14(12,13)11-8-10-6-4-3-5-7-10/h4-7,9,11H,8H2,1-2H3. The van der Waals surface area contributed by atoms with Gasteiger partial charge in [-0.05, 0) is 25.5 Å². The van der Waals surface area contributed by atoms with Crippen molar-refractivity contribution in [3.05, 3.63) is 35.9 Å². The van der Waals surface area contributed by atoms with Crippen LogP contribution in [0.4, 0.5) is 0 Å². The van der Waals surface area contributed by atoms with E-state index < -0.39 is 15.3 Å². The Morgan fingerprint density at radius 2 is 1.93 bits per heavy atom. The molecule has 0 spiro atoms. The lowest BCUT2D eigenvalue weighted by Crippen LogP contribution is -2.30. The van der Waals surface area contributed by atoms with E-state index in [4.69, 9.17) is 0 Å². The van der Waals surface area contributed by atoms with E-state index in [-0.39, 0.29) is 0 Å². The molecule has 1 radical (unpaired) electrons. The lowest BCUT2D eigenvalue weighted by Gasteiger charge is -2.08. The van der Waals surface area contributed by atoms with Crippen LogP contribution in [0.15, 0.2) is 24.3 Å². The van der Waals surface area contributed by atoms with Crippen molar-refractivity contribution in [1.29, 1.82) is 0 Å². The number of sulfonamides is 1. The average Bonchev–Trinajstić information content (AvgIpc) is 2.16. The summed E-state index contributed by atoms with van der Waals surface area (Å²) in [6.45, 7) is 3.65. The van der Waals surface area contributed by atoms with Crippen LogP contribution in [0.25, 0.3) is 0 Å². The van der Waals surface area contributed by atoms with Crippen molar-refractivity contribution in [2.75, 3.05) is 0 Å². The molecule has 0 atom stereocenters. The van der Waals surface area contributed by atoms with Crippen molar-refractivity contribution in [3.8, 4) is 0 Å². The molecule has 0 heterocycles. The SMILES string of the molecule is CC(C)S(=O)(=O)NCc1cc[c]cc1. The maximum atomic E-state index is 11.4. The van der Waals surface area contributed by atoms with Gasteiger partial charge in [-0.25, -0.2) is 13.1 Å². The molecule has 0 aliphatic rings. The number of hydrogen-bond donors (Lipinski definition) is 1. The molecular weight excluding hydrogens is 198 g/mol. The fourth-order valence-electron chi connectivity index (χ4n) is 0.890. The zero-order chi connectivity index (χ0) is 10.6. The summed E-state index contributed by atoms with van der Waals surface area (Å²) in [6, 6.07) is 10.1. The van der Waals surface area contributed by atoms with Crippen LogP contribution in [-0.4, -0.2) is 13.7 Å². The number of nitrogens with one attached hydrogen (secondary N) is 1. The van der Waals surface area contributed by atoms with Crippen LogP contribution in [0.5, 0.6) is 0 Å². The Morgan fingerprint density at radius 1 is 1.36 bits per heavy atom. The van der Waals surface area contributed by atoms with Crippen LogP contribution in [0.3, 0.4) is 0 Å². The van der Waals surface area contributed by atoms with Gasteiger partial charge in [-0.2, -0.15) is 0 Å². The Hall–Kier alpha value is -0.870. The van der Waals surface area contributed by atoms with Crippen molar-refractivity contribution in [2.45, 2.75) is 25.6 Å². The third-order valence-electron chi connectivity index (χ3n) is 1.89. The minimum atomic E-state index is -3.16. The second-order valence-electron chi connectivity index (χ2n) is 3.32. The maximum absolute atomic E-state index is 11.4. The summed E-state index contributed by atoms with van der Waals surface area (Å²) in [7, 11) is -3.16. The first-order chi connectivity index (χ1) is 6.52. The first kappa shape index (κ1) is 11.2. The van der Waals surface area contributed by atoms with E-state index in [1.54, 1.807) is 26.0 Å². The van der Waals surface area contributed by atoms with Crippen molar-refractivity contribution in [3.63, 3.8) is 0 Å². The van der Waals surface area contributed by atoms with Gasteiger partial charge in [0.15, 0.2) is 0 Å². The highest BCUT2D eigenvalue weighted by molar-refractivity contribution is 7.90. The van der Waals surface area contributed by atoms with E-state index in [2.05, 4.69) is 10.8 Å². The van der Waals surface area contributed by atoms with E-state index in [1.807, 2.05) is 12.1 Å². The summed E-state index contributed by atoms with van der Waals surface area (Å²) in [4.78, 5) is 0. The van der Waals surface area contributed by atoms with Gasteiger partial charge in [0.05, 0.1) is 5.25 Å². The summed E-state index contributed by atoms with van der Waals surface area (Å²) >= 11 is 0. The van der Waals surface area contributed by atoms with Gasteiger partial charge < -0.3 is 0 Å². The van der Waals surface area contributed by atoms with Gasteiger partial charge in [0.25, 0.3) is 0 Å². The molecular formula is C10H14NO2S. The number of rotatable bonds is 4. The molecule has 1 rings (SSSR count). The van der Waals surface area contributed by atoms with Gasteiger partial charge in [-0.15, -0.1) is 0 Å². The van der Waals surface area contributed by atoms with Gasteiger partial charge in [-0.3, -0.25) is 0 Å². The van der Waals surface area contributed by atoms with Crippen molar-refractivity contribution < 1.29 is 8.42 Å². The predicted octanol–water partition coefficient (Wildman–Crippen LogP) is 1.31. The van der Waals surface area contributed by atoms with Crippen LogP contribution in [0.2, 0.25) is 0 Å². The minimum absolute atomic E-state index is 0.342. The summed E-state index contributed by atoms with van der Waals surface area (Å²) < 4.78 is 25.3. The van der Waals surface area contributed by atoms with Gasteiger partial charge >= 0.3 is 0 Å². The maximum Gasteiger partial charge on any atom is 0.214 e. The summed E-state index contributed by atoms with van der Waals surface area (Å²) in [5.41, 5.74) is 0.938. The van der Waals surface area contributed by atoms with Gasteiger partial charge in [-0.1, -0.05) is 24.3 Å². The molecule has 0 saturated heterocycles. The summed E-state index contributed by atoms with van der Waals surface area (Å²) in [5.74, 6) is 0. The molecule has 3 nitrogen and oxygen atoms in total. The molecule has 0 aliphatic carbocycles. The topological polar surface area (TPSA) is 46.2 Å². The first-order valence-corrected chi connectivity index (χ1v) is 6.00. The summed E-state index contributed by atoms with van der Waals surface area (Å²) in [5, 5.41) is -0.391. The Kier molecular flexibility index (Phi) is 3.66. The third-order valence-corrected chi connectivity index (χ3v) is 3.67. The normalized spacial score (nSPS) is 11.9. The van der Waals surface area contributed by atoms with Gasteiger partial charge in [0.2, 0.25) is 10.0 Å². The molecule has 0 saturated carbocycles. The lowest BCUT2D eigenvalue weighted by molar-refractivity contribution is 0.572. The fourth-order valence-corrected chi connectivity index (χ4v) is 1.59.